The molecule has 0 aliphatic rings. The Morgan fingerprint density at radius 1 is 1.25 bits per heavy atom. The lowest BCUT2D eigenvalue weighted by molar-refractivity contribution is 0.102. The van der Waals surface area contributed by atoms with E-state index in [1.807, 2.05) is 26.0 Å². The van der Waals surface area contributed by atoms with Crippen LogP contribution < -0.4 is 11.1 Å². The number of anilines is 2. The molecule has 1 amide bonds. The fourth-order valence-corrected chi connectivity index (χ4v) is 2.35. The molecule has 0 saturated carbocycles. The van der Waals surface area contributed by atoms with Gasteiger partial charge in [-0.15, -0.1) is 0 Å². The first-order valence-electron chi connectivity index (χ1n) is 6.02. The number of halogens is 2. The third kappa shape index (κ3) is 2.97. The summed E-state index contributed by atoms with van der Waals surface area (Å²) in [6.45, 7) is 3.95. The van der Waals surface area contributed by atoms with Crippen LogP contribution in [0, 0.1) is 13.8 Å². The minimum absolute atomic E-state index is 0.272. The van der Waals surface area contributed by atoms with Crippen molar-refractivity contribution in [2.75, 3.05) is 11.1 Å². The Morgan fingerprint density at radius 2 is 1.85 bits per heavy atom. The Balaban J connectivity index is 2.30. The van der Waals surface area contributed by atoms with Crippen LogP contribution in [0.1, 0.15) is 21.5 Å². The van der Waals surface area contributed by atoms with Gasteiger partial charge >= 0.3 is 0 Å². The van der Waals surface area contributed by atoms with E-state index in [2.05, 4.69) is 21.2 Å². The van der Waals surface area contributed by atoms with Gasteiger partial charge in [0.15, 0.2) is 0 Å². The van der Waals surface area contributed by atoms with Gasteiger partial charge in [0.1, 0.15) is 0 Å². The van der Waals surface area contributed by atoms with Crippen LogP contribution in [0.2, 0.25) is 5.02 Å². The highest BCUT2D eigenvalue weighted by Gasteiger charge is 2.12. The second-order valence-electron chi connectivity index (χ2n) is 4.58. The molecule has 0 unspecified atom stereocenters. The molecule has 104 valence electrons. The number of nitrogens with two attached hydrogens (primary N) is 1. The van der Waals surface area contributed by atoms with Crippen molar-refractivity contribution in [1.82, 2.24) is 0 Å². The molecule has 2 rings (SSSR count). The largest absolute Gasteiger partial charge is 0.397 e. The quantitative estimate of drug-likeness (QED) is 0.778. The first-order valence-corrected chi connectivity index (χ1v) is 7.19. The fourth-order valence-electron chi connectivity index (χ4n) is 1.95. The molecule has 0 aliphatic heterocycles. The number of hydrogen-bond acceptors (Lipinski definition) is 2. The molecule has 0 aliphatic carbocycles. The second-order valence-corrected chi connectivity index (χ2v) is 5.78. The number of carbonyl (C=O) groups is 1. The molecular weight excluding hydrogens is 340 g/mol. The summed E-state index contributed by atoms with van der Waals surface area (Å²) in [4.78, 5) is 12.2. The molecule has 0 radical (unpaired) electrons. The van der Waals surface area contributed by atoms with Crippen molar-refractivity contribution in [3.05, 3.63) is 56.5 Å². The van der Waals surface area contributed by atoms with Crippen LogP contribution in [0.25, 0.3) is 0 Å². The van der Waals surface area contributed by atoms with Gasteiger partial charge in [0.25, 0.3) is 5.91 Å². The van der Waals surface area contributed by atoms with Crippen molar-refractivity contribution < 1.29 is 4.79 Å². The van der Waals surface area contributed by atoms with E-state index in [0.29, 0.717) is 10.6 Å². The summed E-state index contributed by atoms with van der Waals surface area (Å²) >= 11 is 9.42. The van der Waals surface area contributed by atoms with Gasteiger partial charge in [-0.05, 0) is 49.2 Å². The number of carbonyl (C=O) groups excluding carboxylic acids is 1. The Labute approximate surface area is 131 Å². The predicted octanol–water partition coefficient (Wildman–Crippen LogP) is 4.55. The first kappa shape index (κ1) is 14.9. The van der Waals surface area contributed by atoms with Crippen molar-refractivity contribution >= 4 is 44.8 Å². The van der Waals surface area contributed by atoms with Crippen LogP contribution in [0.15, 0.2) is 34.8 Å². The highest BCUT2D eigenvalue weighted by Crippen LogP contribution is 2.27. The number of hydrogen-bond donors (Lipinski definition) is 2. The zero-order valence-electron chi connectivity index (χ0n) is 11.1. The highest BCUT2D eigenvalue weighted by molar-refractivity contribution is 9.10. The lowest BCUT2D eigenvalue weighted by Crippen LogP contribution is -2.14. The van der Waals surface area contributed by atoms with E-state index in [1.54, 1.807) is 18.2 Å². The molecule has 0 spiro atoms. The zero-order valence-corrected chi connectivity index (χ0v) is 13.5. The molecule has 0 fully saturated rings. The molecule has 0 saturated heterocycles. The average Bonchev–Trinajstić information content (AvgIpc) is 2.39. The summed E-state index contributed by atoms with van der Waals surface area (Å²) in [5.41, 5.74) is 9.32. The SMILES string of the molecule is Cc1cc(NC(=O)c2cccc(Cl)c2N)cc(C)c1Br. The summed E-state index contributed by atoms with van der Waals surface area (Å²) in [6.07, 6.45) is 0. The van der Waals surface area contributed by atoms with Gasteiger partial charge in [0.05, 0.1) is 16.3 Å². The Morgan fingerprint density at radius 3 is 2.45 bits per heavy atom. The molecule has 2 aromatic carbocycles. The Bertz CT molecular complexity index is 663. The minimum atomic E-state index is -0.272. The number of para-hydroxylation sites is 1. The van der Waals surface area contributed by atoms with E-state index >= 15 is 0 Å². The van der Waals surface area contributed by atoms with Gasteiger partial charge in [0.2, 0.25) is 0 Å². The van der Waals surface area contributed by atoms with E-state index in [1.165, 1.54) is 0 Å². The highest BCUT2D eigenvalue weighted by atomic mass is 79.9. The van der Waals surface area contributed by atoms with Crippen molar-refractivity contribution in [2.24, 2.45) is 0 Å². The van der Waals surface area contributed by atoms with E-state index < -0.39 is 0 Å². The predicted molar refractivity (Wildman–Crippen MR) is 87.4 cm³/mol. The molecular formula is C15H14BrClN2O. The van der Waals surface area contributed by atoms with Crippen LogP contribution in [0.3, 0.4) is 0 Å². The molecule has 5 heteroatoms. The first-order chi connectivity index (χ1) is 9.40. The fraction of sp³-hybridized carbons (Fsp3) is 0.133. The number of benzene rings is 2. The maximum atomic E-state index is 12.2. The van der Waals surface area contributed by atoms with Gasteiger partial charge in [-0.3, -0.25) is 4.79 Å². The van der Waals surface area contributed by atoms with Crippen molar-refractivity contribution in [3.8, 4) is 0 Å². The smallest absolute Gasteiger partial charge is 0.257 e. The summed E-state index contributed by atoms with van der Waals surface area (Å²) in [5.74, 6) is -0.272. The van der Waals surface area contributed by atoms with Crippen LogP contribution in [0.5, 0.6) is 0 Å². The lowest BCUT2D eigenvalue weighted by Gasteiger charge is -2.11. The summed E-state index contributed by atoms with van der Waals surface area (Å²) < 4.78 is 1.04. The van der Waals surface area contributed by atoms with E-state index in [-0.39, 0.29) is 11.6 Å². The molecule has 0 atom stereocenters. The van der Waals surface area contributed by atoms with Crippen molar-refractivity contribution in [1.29, 1.82) is 0 Å². The molecule has 0 bridgehead atoms. The summed E-state index contributed by atoms with van der Waals surface area (Å²) in [6, 6.07) is 8.80. The number of nitrogens with one attached hydrogen (secondary N) is 1. The van der Waals surface area contributed by atoms with Gasteiger partial charge in [-0.25, -0.2) is 0 Å². The third-order valence-corrected chi connectivity index (χ3v) is 4.57. The van der Waals surface area contributed by atoms with Gasteiger partial charge in [0, 0.05) is 10.2 Å². The molecule has 20 heavy (non-hydrogen) atoms. The van der Waals surface area contributed by atoms with Crippen molar-refractivity contribution in [3.63, 3.8) is 0 Å². The Hall–Kier alpha value is -1.52. The molecule has 3 nitrogen and oxygen atoms in total. The van der Waals surface area contributed by atoms with Gasteiger partial charge in [-0.2, -0.15) is 0 Å². The van der Waals surface area contributed by atoms with Gasteiger partial charge < -0.3 is 11.1 Å². The number of nitrogen functional groups attached to an aromatic ring is 1. The maximum Gasteiger partial charge on any atom is 0.257 e. The molecule has 0 heterocycles. The molecule has 0 aromatic heterocycles. The van der Waals surface area contributed by atoms with Crippen molar-refractivity contribution in [2.45, 2.75) is 13.8 Å². The van der Waals surface area contributed by atoms with Crippen LogP contribution in [-0.4, -0.2) is 5.91 Å². The second kappa shape index (κ2) is 5.85. The maximum absolute atomic E-state index is 12.2. The average molecular weight is 354 g/mol. The lowest BCUT2D eigenvalue weighted by atomic mass is 10.1. The molecule has 2 aromatic rings. The standard InChI is InChI=1S/C15H14BrClN2O/c1-8-6-10(7-9(2)13(8)16)19-15(20)11-4-3-5-12(17)14(11)18/h3-7H,18H2,1-2H3,(H,19,20). The summed E-state index contributed by atoms with van der Waals surface area (Å²) in [5, 5.41) is 3.21. The zero-order chi connectivity index (χ0) is 14.9. The topological polar surface area (TPSA) is 55.1 Å². The van der Waals surface area contributed by atoms with E-state index in [0.717, 1.165) is 21.3 Å². The number of aryl methyl sites for hydroxylation is 2. The van der Waals surface area contributed by atoms with Gasteiger partial charge in [-0.1, -0.05) is 33.6 Å². The van der Waals surface area contributed by atoms with Crippen LogP contribution in [-0.2, 0) is 0 Å². The normalized spacial score (nSPS) is 10.4. The van der Waals surface area contributed by atoms with Crippen LogP contribution in [0.4, 0.5) is 11.4 Å². The molecule has 3 N–H and O–H groups in total. The third-order valence-electron chi connectivity index (χ3n) is 2.99. The monoisotopic (exact) mass is 352 g/mol. The Kier molecular flexibility index (Phi) is 4.35. The number of rotatable bonds is 2. The van der Waals surface area contributed by atoms with E-state index in [9.17, 15) is 4.79 Å². The number of amides is 1. The minimum Gasteiger partial charge on any atom is -0.397 e. The summed E-state index contributed by atoms with van der Waals surface area (Å²) in [7, 11) is 0. The van der Waals surface area contributed by atoms with Crippen LogP contribution >= 0.6 is 27.5 Å². The van der Waals surface area contributed by atoms with E-state index in [4.69, 9.17) is 17.3 Å².